The van der Waals surface area contributed by atoms with E-state index in [4.69, 9.17) is 0 Å². The fourth-order valence-electron chi connectivity index (χ4n) is 4.11. The number of benzene rings is 1. The van der Waals surface area contributed by atoms with Gasteiger partial charge in [-0.1, -0.05) is 6.07 Å². The zero-order valence-electron chi connectivity index (χ0n) is 20.9. The standard InChI is InChI=1S/C25H26F2N6O4S/c1-15-9-21(14-29-16(15)2)32(3)24(34)22(12-17-10-19(26)13-20(27)11-17)30-25(35)31-38(36,37)33-8-6-18-5-4-7-28-23(18)33/h4-5,7,9-11,13-14,22H,6,8,12H2,1-3H3,(H2,30,31,35)/t22-/m0/s1. The van der Waals surface area contributed by atoms with Crippen LogP contribution in [-0.4, -0.2) is 50.0 Å². The lowest BCUT2D eigenvalue weighted by Gasteiger charge is -2.26. The highest BCUT2D eigenvalue weighted by atomic mass is 32.2. The summed E-state index contributed by atoms with van der Waals surface area (Å²) in [6.07, 6.45) is 3.03. The Hall–Kier alpha value is -4.13. The van der Waals surface area contributed by atoms with Gasteiger partial charge >= 0.3 is 16.2 Å². The van der Waals surface area contributed by atoms with E-state index in [9.17, 15) is 26.8 Å². The Balaban J connectivity index is 1.57. The molecule has 0 saturated carbocycles. The fraction of sp³-hybridized carbons (Fsp3) is 0.280. The van der Waals surface area contributed by atoms with E-state index in [-0.39, 0.29) is 24.3 Å². The van der Waals surface area contributed by atoms with E-state index in [1.54, 1.807) is 18.2 Å². The summed E-state index contributed by atoms with van der Waals surface area (Å²) >= 11 is 0. The third-order valence-corrected chi connectivity index (χ3v) is 7.59. The number of aryl methyl sites for hydroxylation is 2. The average Bonchev–Trinajstić information content (AvgIpc) is 3.29. The first kappa shape index (κ1) is 26.9. The smallest absolute Gasteiger partial charge is 0.325 e. The Morgan fingerprint density at radius 1 is 1.13 bits per heavy atom. The van der Waals surface area contributed by atoms with Crippen LogP contribution in [-0.2, 0) is 27.8 Å². The molecule has 0 saturated heterocycles. The van der Waals surface area contributed by atoms with Crippen molar-refractivity contribution in [3.05, 3.63) is 82.8 Å². The number of amides is 3. The highest BCUT2D eigenvalue weighted by molar-refractivity contribution is 7.91. The van der Waals surface area contributed by atoms with Crippen molar-refractivity contribution in [2.75, 3.05) is 22.8 Å². The zero-order chi connectivity index (χ0) is 27.6. The molecule has 1 aliphatic heterocycles. The van der Waals surface area contributed by atoms with Crippen LogP contribution < -0.4 is 19.2 Å². The third kappa shape index (κ3) is 5.88. The summed E-state index contributed by atoms with van der Waals surface area (Å²) in [4.78, 5) is 35.8. The van der Waals surface area contributed by atoms with Crippen molar-refractivity contribution in [1.29, 1.82) is 0 Å². The van der Waals surface area contributed by atoms with Gasteiger partial charge in [-0.25, -0.2) is 27.6 Å². The number of carbonyl (C=O) groups excluding carboxylic acids is 2. The SMILES string of the molecule is Cc1cc(N(C)C(=O)[C@H](Cc2cc(F)cc(F)c2)NC(=O)NS(=O)(=O)N2CCc3cccnc32)cnc1C. The number of fused-ring (bicyclic) bond motifs is 1. The van der Waals surface area contributed by atoms with Crippen LogP contribution >= 0.6 is 0 Å². The molecule has 0 radical (unpaired) electrons. The molecule has 2 N–H and O–H groups in total. The van der Waals surface area contributed by atoms with Gasteiger partial charge in [0.05, 0.1) is 11.9 Å². The third-order valence-electron chi connectivity index (χ3n) is 6.21. The van der Waals surface area contributed by atoms with Gasteiger partial charge in [-0.15, -0.1) is 0 Å². The van der Waals surface area contributed by atoms with Gasteiger partial charge in [0, 0.05) is 38.0 Å². The maximum Gasteiger partial charge on any atom is 0.330 e. The van der Waals surface area contributed by atoms with E-state index in [2.05, 4.69) is 15.3 Å². The molecule has 0 aliphatic carbocycles. The molecule has 2 aromatic heterocycles. The van der Waals surface area contributed by atoms with Crippen LogP contribution in [0.2, 0.25) is 0 Å². The lowest BCUT2D eigenvalue weighted by molar-refractivity contribution is -0.120. The van der Waals surface area contributed by atoms with Crippen molar-refractivity contribution in [3.63, 3.8) is 0 Å². The number of rotatable bonds is 7. The summed E-state index contributed by atoms with van der Waals surface area (Å²) in [5, 5.41) is 2.35. The molecule has 38 heavy (non-hydrogen) atoms. The molecule has 10 nitrogen and oxygen atoms in total. The summed E-state index contributed by atoms with van der Waals surface area (Å²) in [7, 11) is -2.90. The summed E-state index contributed by atoms with van der Waals surface area (Å²) in [6, 6.07) is 5.33. The van der Waals surface area contributed by atoms with Gasteiger partial charge in [0.25, 0.3) is 0 Å². The number of halogens is 2. The number of pyridine rings is 2. The van der Waals surface area contributed by atoms with E-state index < -0.39 is 39.8 Å². The number of likely N-dealkylation sites (N-methyl/N-ethyl adjacent to an activating group) is 1. The molecule has 200 valence electrons. The van der Waals surface area contributed by atoms with E-state index in [1.807, 2.05) is 18.6 Å². The maximum atomic E-state index is 13.8. The van der Waals surface area contributed by atoms with Crippen molar-refractivity contribution in [1.82, 2.24) is 20.0 Å². The first-order chi connectivity index (χ1) is 17.9. The largest absolute Gasteiger partial charge is 0.330 e. The molecular weight excluding hydrogens is 518 g/mol. The van der Waals surface area contributed by atoms with Crippen LogP contribution in [0.4, 0.5) is 25.1 Å². The normalized spacial score (nSPS) is 13.6. The van der Waals surface area contributed by atoms with Crippen LogP contribution in [0.25, 0.3) is 0 Å². The zero-order valence-corrected chi connectivity index (χ0v) is 21.7. The van der Waals surface area contributed by atoms with E-state index >= 15 is 0 Å². The minimum Gasteiger partial charge on any atom is -0.325 e. The number of hydrogen-bond acceptors (Lipinski definition) is 6. The van der Waals surface area contributed by atoms with Crippen LogP contribution in [0.15, 0.2) is 48.8 Å². The predicted molar refractivity (Wildman–Crippen MR) is 137 cm³/mol. The molecule has 0 fully saturated rings. The van der Waals surface area contributed by atoms with Gasteiger partial charge in [0.1, 0.15) is 23.5 Å². The molecule has 3 aromatic rings. The number of aromatic nitrogens is 2. The molecule has 0 spiro atoms. The molecule has 1 aliphatic rings. The molecule has 3 amide bonds. The number of urea groups is 1. The van der Waals surface area contributed by atoms with Gasteiger partial charge in [-0.05, 0) is 61.2 Å². The quantitative estimate of drug-likeness (QED) is 0.471. The van der Waals surface area contributed by atoms with Crippen molar-refractivity contribution >= 4 is 33.7 Å². The summed E-state index contributed by atoms with van der Waals surface area (Å²) in [5.74, 6) is -2.16. The first-order valence-corrected chi connectivity index (χ1v) is 13.1. The Morgan fingerprint density at radius 3 is 2.53 bits per heavy atom. The van der Waals surface area contributed by atoms with E-state index in [1.165, 1.54) is 24.3 Å². The van der Waals surface area contributed by atoms with Gasteiger partial charge in [0.15, 0.2) is 0 Å². The Morgan fingerprint density at radius 2 is 1.84 bits per heavy atom. The van der Waals surface area contributed by atoms with Crippen LogP contribution in [0.5, 0.6) is 0 Å². The molecule has 0 bridgehead atoms. The minimum absolute atomic E-state index is 0.0857. The van der Waals surface area contributed by atoms with Crippen molar-refractivity contribution in [2.24, 2.45) is 0 Å². The van der Waals surface area contributed by atoms with Crippen molar-refractivity contribution in [2.45, 2.75) is 32.7 Å². The number of hydrogen-bond donors (Lipinski definition) is 2. The number of nitrogens with zero attached hydrogens (tertiary/aromatic N) is 4. The average molecular weight is 545 g/mol. The highest BCUT2D eigenvalue weighted by Gasteiger charge is 2.33. The van der Waals surface area contributed by atoms with Crippen molar-refractivity contribution < 1.29 is 26.8 Å². The van der Waals surface area contributed by atoms with Crippen molar-refractivity contribution in [3.8, 4) is 0 Å². The van der Waals surface area contributed by atoms with Gasteiger partial charge in [-0.3, -0.25) is 9.78 Å². The number of carbonyl (C=O) groups is 2. The topological polar surface area (TPSA) is 125 Å². The van der Waals surface area contributed by atoms with Crippen LogP contribution in [0, 0.1) is 25.5 Å². The second kappa shape index (κ2) is 10.7. The molecule has 3 heterocycles. The Labute approximate surface area is 218 Å². The molecular formula is C25H26F2N6O4S. The van der Waals surface area contributed by atoms with E-state index in [0.29, 0.717) is 23.7 Å². The monoisotopic (exact) mass is 544 g/mol. The second-order valence-electron chi connectivity index (χ2n) is 8.92. The number of anilines is 2. The van der Waals surface area contributed by atoms with E-state index in [0.717, 1.165) is 27.7 Å². The summed E-state index contributed by atoms with van der Waals surface area (Å²) in [5.41, 5.74) is 2.81. The van der Waals surface area contributed by atoms with Crippen LogP contribution in [0.1, 0.15) is 22.4 Å². The van der Waals surface area contributed by atoms with Crippen LogP contribution in [0.3, 0.4) is 0 Å². The molecule has 13 heteroatoms. The summed E-state index contributed by atoms with van der Waals surface area (Å²) < 4.78 is 56.4. The second-order valence-corrected chi connectivity index (χ2v) is 10.5. The van der Waals surface area contributed by atoms with Gasteiger partial charge in [-0.2, -0.15) is 8.42 Å². The first-order valence-electron chi connectivity index (χ1n) is 11.7. The summed E-state index contributed by atoms with van der Waals surface area (Å²) in [6.45, 7) is 3.71. The molecule has 1 atom stereocenters. The molecule has 4 rings (SSSR count). The lowest BCUT2D eigenvalue weighted by Crippen LogP contribution is -2.54. The lowest BCUT2D eigenvalue weighted by atomic mass is 10.0. The Kier molecular flexibility index (Phi) is 7.58. The predicted octanol–water partition coefficient (Wildman–Crippen LogP) is 2.55. The minimum atomic E-state index is -4.36. The Bertz CT molecular complexity index is 1480. The molecule has 0 unspecified atom stereocenters. The van der Waals surface area contributed by atoms with Gasteiger partial charge in [0.2, 0.25) is 5.91 Å². The fourth-order valence-corrected chi connectivity index (χ4v) is 5.24. The maximum absolute atomic E-state index is 13.8. The molecule has 1 aromatic carbocycles. The van der Waals surface area contributed by atoms with Gasteiger partial charge < -0.3 is 10.2 Å². The number of nitrogens with one attached hydrogen (secondary N) is 2. The highest BCUT2D eigenvalue weighted by Crippen LogP contribution is 2.26.